The topological polar surface area (TPSA) is 77.3 Å². The highest BCUT2D eigenvalue weighted by molar-refractivity contribution is 7.94. The van der Waals surface area contributed by atoms with Gasteiger partial charge in [0.15, 0.2) is 0 Å². The lowest BCUT2D eigenvalue weighted by atomic mass is 10.3. The standard InChI is InChI=1S/C8H5Cl2NO4S/c9-3-4-16(14,15)6-1-2-7(10)8(5-6)11(12)13/h1-5H. The lowest BCUT2D eigenvalue weighted by Gasteiger charge is -2.00. The maximum Gasteiger partial charge on any atom is 0.289 e. The van der Waals surface area contributed by atoms with Gasteiger partial charge < -0.3 is 0 Å². The van der Waals surface area contributed by atoms with Crippen LogP contribution in [0.5, 0.6) is 0 Å². The largest absolute Gasteiger partial charge is 0.289 e. The van der Waals surface area contributed by atoms with Crippen molar-refractivity contribution < 1.29 is 13.3 Å². The first-order valence-electron chi connectivity index (χ1n) is 3.84. The molecule has 86 valence electrons. The van der Waals surface area contributed by atoms with Gasteiger partial charge in [0, 0.05) is 17.0 Å². The molecule has 0 atom stereocenters. The number of halogens is 2. The second kappa shape index (κ2) is 4.82. The third kappa shape index (κ3) is 2.72. The normalized spacial score (nSPS) is 11.9. The summed E-state index contributed by atoms with van der Waals surface area (Å²) >= 11 is 10.7. The molecule has 0 N–H and O–H groups in total. The predicted octanol–water partition coefficient (Wildman–Crippen LogP) is 2.73. The maximum atomic E-state index is 11.5. The van der Waals surface area contributed by atoms with Gasteiger partial charge in [0.1, 0.15) is 5.02 Å². The Morgan fingerprint density at radius 2 is 2.00 bits per heavy atom. The molecule has 0 unspecified atom stereocenters. The van der Waals surface area contributed by atoms with Crippen LogP contribution >= 0.6 is 23.2 Å². The molecule has 0 bridgehead atoms. The van der Waals surface area contributed by atoms with E-state index in [1.54, 1.807) is 0 Å². The fraction of sp³-hybridized carbons (Fsp3) is 0. The van der Waals surface area contributed by atoms with E-state index in [0.717, 1.165) is 23.1 Å². The van der Waals surface area contributed by atoms with Crippen LogP contribution in [0, 0.1) is 10.1 Å². The van der Waals surface area contributed by atoms with E-state index in [9.17, 15) is 18.5 Å². The minimum atomic E-state index is -3.76. The molecule has 0 saturated heterocycles. The van der Waals surface area contributed by atoms with Crippen LogP contribution in [0.25, 0.3) is 0 Å². The number of nitrogens with zero attached hydrogens (tertiary/aromatic N) is 1. The summed E-state index contributed by atoms with van der Waals surface area (Å²) in [5, 5.41) is 11.2. The van der Waals surface area contributed by atoms with E-state index in [1.807, 2.05) is 0 Å². The third-order valence-corrected chi connectivity index (χ3v) is 3.67. The van der Waals surface area contributed by atoms with Gasteiger partial charge in [-0.3, -0.25) is 10.1 Å². The minimum Gasteiger partial charge on any atom is -0.258 e. The lowest BCUT2D eigenvalue weighted by molar-refractivity contribution is -0.384. The third-order valence-electron chi connectivity index (χ3n) is 1.67. The summed E-state index contributed by atoms with van der Waals surface area (Å²) in [5.41, 5.74) is 0.348. The van der Waals surface area contributed by atoms with E-state index in [4.69, 9.17) is 23.2 Å². The monoisotopic (exact) mass is 281 g/mol. The highest BCUT2D eigenvalue weighted by atomic mass is 35.5. The molecule has 0 heterocycles. The molecule has 0 fully saturated rings. The van der Waals surface area contributed by atoms with Crippen LogP contribution in [0.15, 0.2) is 34.0 Å². The molecule has 0 aromatic heterocycles. The van der Waals surface area contributed by atoms with E-state index < -0.39 is 20.4 Å². The van der Waals surface area contributed by atoms with Gasteiger partial charge >= 0.3 is 0 Å². The van der Waals surface area contributed by atoms with Crippen LogP contribution in [0.4, 0.5) is 5.69 Å². The number of nitro groups is 1. The van der Waals surface area contributed by atoms with E-state index in [0.29, 0.717) is 0 Å². The zero-order valence-corrected chi connectivity index (χ0v) is 9.96. The van der Waals surface area contributed by atoms with Crippen LogP contribution in [-0.2, 0) is 9.84 Å². The Kier molecular flexibility index (Phi) is 3.90. The average molecular weight is 282 g/mol. The Morgan fingerprint density at radius 3 is 2.50 bits per heavy atom. The van der Waals surface area contributed by atoms with Crippen molar-refractivity contribution in [2.45, 2.75) is 4.90 Å². The number of hydrogen-bond donors (Lipinski definition) is 0. The fourth-order valence-corrected chi connectivity index (χ4v) is 2.37. The number of rotatable bonds is 3. The summed E-state index contributed by atoms with van der Waals surface area (Å²) in [4.78, 5) is 9.55. The second-order valence-corrected chi connectivity index (χ2v) is 5.17. The molecule has 1 rings (SSSR count). The van der Waals surface area contributed by atoms with E-state index >= 15 is 0 Å². The summed E-state index contributed by atoms with van der Waals surface area (Å²) in [6.07, 6.45) is 0. The van der Waals surface area contributed by atoms with Crippen LogP contribution in [0.1, 0.15) is 0 Å². The van der Waals surface area contributed by atoms with Gasteiger partial charge in [-0.15, -0.1) is 0 Å². The van der Waals surface area contributed by atoms with Crippen LogP contribution < -0.4 is 0 Å². The molecule has 0 aliphatic heterocycles. The van der Waals surface area contributed by atoms with Crippen molar-refractivity contribution in [2.75, 3.05) is 0 Å². The second-order valence-electron chi connectivity index (χ2n) is 2.68. The number of benzene rings is 1. The Bertz CT molecular complexity index is 553. The van der Waals surface area contributed by atoms with Gasteiger partial charge in [0.25, 0.3) is 5.69 Å². The summed E-state index contributed by atoms with van der Waals surface area (Å²) in [5.74, 6) is 0. The summed E-state index contributed by atoms with van der Waals surface area (Å²) in [6.45, 7) is 0. The number of hydrogen-bond acceptors (Lipinski definition) is 4. The molecule has 16 heavy (non-hydrogen) atoms. The van der Waals surface area contributed by atoms with Crippen LogP contribution in [0.2, 0.25) is 5.02 Å². The molecule has 5 nitrogen and oxygen atoms in total. The summed E-state index contributed by atoms with van der Waals surface area (Å²) < 4.78 is 23.0. The van der Waals surface area contributed by atoms with Crippen molar-refractivity contribution >= 4 is 38.7 Å². The molecule has 8 heteroatoms. The van der Waals surface area contributed by atoms with Gasteiger partial charge in [0.05, 0.1) is 9.82 Å². The molecule has 1 aromatic carbocycles. The molecule has 0 aliphatic rings. The Balaban J connectivity index is 3.39. The molecular weight excluding hydrogens is 277 g/mol. The Morgan fingerprint density at radius 1 is 1.38 bits per heavy atom. The SMILES string of the molecule is O=[N+]([O-])c1cc(S(=O)(=O)C=CCl)ccc1Cl. The highest BCUT2D eigenvalue weighted by Gasteiger charge is 2.18. The quantitative estimate of drug-likeness (QED) is 0.630. The first-order valence-corrected chi connectivity index (χ1v) is 6.20. The predicted molar refractivity (Wildman–Crippen MR) is 60.3 cm³/mol. The van der Waals surface area contributed by atoms with E-state index in [2.05, 4.69) is 0 Å². The van der Waals surface area contributed by atoms with Gasteiger partial charge in [-0.05, 0) is 12.1 Å². The van der Waals surface area contributed by atoms with Crippen molar-refractivity contribution in [1.82, 2.24) is 0 Å². The maximum absolute atomic E-state index is 11.5. The Labute approximate surface area is 101 Å². The molecule has 1 aromatic rings. The zero-order valence-electron chi connectivity index (χ0n) is 7.63. The summed E-state index contributed by atoms with van der Waals surface area (Å²) in [7, 11) is -3.76. The van der Waals surface area contributed by atoms with Crippen molar-refractivity contribution in [3.05, 3.63) is 44.3 Å². The molecular formula is C8H5Cl2NO4S. The molecule has 0 spiro atoms. The first-order chi connectivity index (χ1) is 7.38. The fourth-order valence-electron chi connectivity index (χ4n) is 0.956. The molecule has 0 saturated carbocycles. The van der Waals surface area contributed by atoms with Gasteiger partial charge in [-0.25, -0.2) is 8.42 Å². The van der Waals surface area contributed by atoms with E-state index in [-0.39, 0.29) is 9.92 Å². The number of sulfone groups is 1. The minimum absolute atomic E-state index is 0.126. The smallest absolute Gasteiger partial charge is 0.258 e. The highest BCUT2D eigenvalue weighted by Crippen LogP contribution is 2.27. The molecule has 0 aliphatic carbocycles. The van der Waals surface area contributed by atoms with Crippen molar-refractivity contribution in [3.8, 4) is 0 Å². The average Bonchev–Trinajstić information content (AvgIpc) is 2.17. The van der Waals surface area contributed by atoms with Crippen molar-refractivity contribution in [3.63, 3.8) is 0 Å². The van der Waals surface area contributed by atoms with Crippen LogP contribution in [0.3, 0.4) is 0 Å². The van der Waals surface area contributed by atoms with E-state index in [1.165, 1.54) is 6.07 Å². The summed E-state index contributed by atoms with van der Waals surface area (Å²) in [6, 6.07) is 3.20. The van der Waals surface area contributed by atoms with Gasteiger partial charge in [-0.2, -0.15) is 0 Å². The van der Waals surface area contributed by atoms with Gasteiger partial charge in [0.2, 0.25) is 9.84 Å². The molecule has 0 radical (unpaired) electrons. The molecule has 0 amide bonds. The lowest BCUT2D eigenvalue weighted by Crippen LogP contribution is -1.98. The van der Waals surface area contributed by atoms with Crippen molar-refractivity contribution in [2.24, 2.45) is 0 Å². The van der Waals surface area contributed by atoms with Crippen molar-refractivity contribution in [1.29, 1.82) is 0 Å². The number of nitro benzene ring substituents is 1. The van der Waals surface area contributed by atoms with Gasteiger partial charge in [-0.1, -0.05) is 23.2 Å². The first kappa shape index (κ1) is 13.0. The zero-order chi connectivity index (χ0) is 12.3. The Hall–Kier alpha value is -1.11. The van der Waals surface area contributed by atoms with Crippen LogP contribution in [-0.4, -0.2) is 13.3 Å².